The zero-order valence-electron chi connectivity index (χ0n) is 13.6. The normalized spacial score (nSPS) is 10.2. The number of ether oxygens (including phenoxy) is 2. The Morgan fingerprint density at radius 1 is 0.720 bits per heavy atom. The van der Waals surface area contributed by atoms with Crippen molar-refractivity contribution in [3.8, 4) is 11.5 Å². The zero-order chi connectivity index (χ0) is 17.5. The van der Waals surface area contributed by atoms with E-state index in [0.717, 1.165) is 16.9 Å². The molecule has 0 fully saturated rings. The SMILES string of the molecule is O=C(O)c1cccc(OCc2ccc(OCc3ccccc3)cc2)c1. The second-order valence-electron chi connectivity index (χ2n) is 5.54. The Hall–Kier alpha value is -3.27. The predicted molar refractivity (Wildman–Crippen MR) is 94.9 cm³/mol. The third kappa shape index (κ3) is 4.85. The lowest BCUT2D eigenvalue weighted by Crippen LogP contribution is -1.99. The fraction of sp³-hybridized carbons (Fsp3) is 0.0952. The van der Waals surface area contributed by atoms with Gasteiger partial charge in [0, 0.05) is 0 Å². The van der Waals surface area contributed by atoms with Crippen LogP contribution in [0.25, 0.3) is 0 Å². The van der Waals surface area contributed by atoms with Gasteiger partial charge in [-0.3, -0.25) is 0 Å². The summed E-state index contributed by atoms with van der Waals surface area (Å²) < 4.78 is 11.4. The summed E-state index contributed by atoms with van der Waals surface area (Å²) in [6, 6.07) is 24.1. The van der Waals surface area contributed by atoms with Gasteiger partial charge < -0.3 is 14.6 Å². The van der Waals surface area contributed by atoms with Crippen molar-refractivity contribution in [2.24, 2.45) is 0 Å². The molecular weight excluding hydrogens is 316 g/mol. The monoisotopic (exact) mass is 334 g/mol. The number of carbonyl (C=O) groups is 1. The first-order chi connectivity index (χ1) is 12.2. The zero-order valence-corrected chi connectivity index (χ0v) is 13.6. The highest BCUT2D eigenvalue weighted by Crippen LogP contribution is 2.18. The molecule has 3 aromatic rings. The average Bonchev–Trinajstić information content (AvgIpc) is 2.66. The van der Waals surface area contributed by atoms with E-state index in [1.165, 1.54) is 12.1 Å². The number of rotatable bonds is 7. The Balaban J connectivity index is 1.54. The van der Waals surface area contributed by atoms with Crippen LogP contribution in [0.3, 0.4) is 0 Å². The molecule has 0 heterocycles. The average molecular weight is 334 g/mol. The summed E-state index contributed by atoms with van der Waals surface area (Å²) in [6.45, 7) is 0.890. The van der Waals surface area contributed by atoms with Crippen LogP contribution in [0.4, 0.5) is 0 Å². The van der Waals surface area contributed by atoms with E-state index in [4.69, 9.17) is 14.6 Å². The first kappa shape index (κ1) is 16.6. The molecule has 4 nitrogen and oxygen atoms in total. The van der Waals surface area contributed by atoms with Gasteiger partial charge in [-0.15, -0.1) is 0 Å². The van der Waals surface area contributed by atoms with Crippen molar-refractivity contribution >= 4 is 5.97 Å². The van der Waals surface area contributed by atoms with Crippen molar-refractivity contribution < 1.29 is 19.4 Å². The lowest BCUT2D eigenvalue weighted by Gasteiger charge is -2.09. The number of aromatic carboxylic acids is 1. The largest absolute Gasteiger partial charge is 0.489 e. The molecule has 3 rings (SSSR count). The maximum atomic E-state index is 11.0. The highest BCUT2D eigenvalue weighted by Gasteiger charge is 2.04. The minimum absolute atomic E-state index is 0.210. The number of benzene rings is 3. The Morgan fingerprint density at radius 2 is 1.36 bits per heavy atom. The molecule has 0 atom stereocenters. The molecular formula is C21H18O4. The van der Waals surface area contributed by atoms with Crippen LogP contribution in [-0.2, 0) is 13.2 Å². The van der Waals surface area contributed by atoms with Crippen LogP contribution in [0, 0.1) is 0 Å². The highest BCUT2D eigenvalue weighted by molar-refractivity contribution is 5.87. The van der Waals surface area contributed by atoms with Crippen molar-refractivity contribution in [2.75, 3.05) is 0 Å². The first-order valence-corrected chi connectivity index (χ1v) is 7.92. The lowest BCUT2D eigenvalue weighted by molar-refractivity contribution is 0.0696. The topological polar surface area (TPSA) is 55.8 Å². The summed E-state index contributed by atoms with van der Waals surface area (Å²) in [4.78, 5) is 11.0. The van der Waals surface area contributed by atoms with Gasteiger partial charge in [0.05, 0.1) is 5.56 Å². The predicted octanol–water partition coefficient (Wildman–Crippen LogP) is 4.54. The van der Waals surface area contributed by atoms with Gasteiger partial charge in [0.1, 0.15) is 24.7 Å². The summed E-state index contributed by atoms with van der Waals surface area (Å²) in [7, 11) is 0. The molecule has 25 heavy (non-hydrogen) atoms. The van der Waals surface area contributed by atoms with E-state index in [1.807, 2.05) is 54.6 Å². The molecule has 0 aliphatic rings. The summed E-state index contributed by atoms with van der Waals surface area (Å²) in [5, 5.41) is 8.99. The molecule has 0 saturated carbocycles. The van der Waals surface area contributed by atoms with E-state index in [0.29, 0.717) is 19.0 Å². The van der Waals surface area contributed by atoms with Crippen LogP contribution in [0.5, 0.6) is 11.5 Å². The van der Waals surface area contributed by atoms with Crippen molar-refractivity contribution in [1.29, 1.82) is 0 Å². The van der Waals surface area contributed by atoms with Crippen LogP contribution >= 0.6 is 0 Å². The maximum Gasteiger partial charge on any atom is 0.335 e. The molecule has 0 bridgehead atoms. The third-order valence-electron chi connectivity index (χ3n) is 3.66. The van der Waals surface area contributed by atoms with Gasteiger partial charge in [0.2, 0.25) is 0 Å². The molecule has 126 valence electrons. The molecule has 0 unspecified atom stereocenters. The molecule has 0 aliphatic carbocycles. The third-order valence-corrected chi connectivity index (χ3v) is 3.66. The molecule has 0 spiro atoms. The van der Waals surface area contributed by atoms with Crippen LogP contribution < -0.4 is 9.47 Å². The second-order valence-corrected chi connectivity index (χ2v) is 5.54. The van der Waals surface area contributed by atoms with E-state index in [1.54, 1.807) is 12.1 Å². The number of hydrogen-bond donors (Lipinski definition) is 1. The fourth-order valence-corrected chi connectivity index (χ4v) is 2.31. The van der Waals surface area contributed by atoms with Gasteiger partial charge in [0.15, 0.2) is 0 Å². The van der Waals surface area contributed by atoms with E-state index in [2.05, 4.69) is 0 Å². The highest BCUT2D eigenvalue weighted by atomic mass is 16.5. The van der Waals surface area contributed by atoms with Crippen molar-refractivity contribution in [3.63, 3.8) is 0 Å². The van der Waals surface area contributed by atoms with Crippen molar-refractivity contribution in [2.45, 2.75) is 13.2 Å². The van der Waals surface area contributed by atoms with Gasteiger partial charge in [-0.05, 0) is 41.5 Å². The van der Waals surface area contributed by atoms with Gasteiger partial charge >= 0.3 is 5.97 Å². The molecule has 0 aromatic heterocycles. The molecule has 0 saturated heterocycles. The molecule has 3 aromatic carbocycles. The lowest BCUT2D eigenvalue weighted by atomic mass is 10.2. The van der Waals surface area contributed by atoms with Crippen molar-refractivity contribution in [1.82, 2.24) is 0 Å². The standard InChI is InChI=1S/C21H18O4/c22-21(23)18-7-4-8-20(13-18)25-15-17-9-11-19(12-10-17)24-14-16-5-2-1-3-6-16/h1-13H,14-15H2,(H,22,23). The second kappa shape index (κ2) is 8.02. The van der Waals surface area contributed by atoms with Crippen LogP contribution in [0.1, 0.15) is 21.5 Å². The van der Waals surface area contributed by atoms with E-state index in [9.17, 15) is 4.79 Å². The van der Waals surface area contributed by atoms with Gasteiger partial charge in [-0.1, -0.05) is 48.5 Å². The van der Waals surface area contributed by atoms with Gasteiger partial charge in [-0.2, -0.15) is 0 Å². The molecule has 0 amide bonds. The maximum absolute atomic E-state index is 11.0. The molecule has 0 radical (unpaired) electrons. The summed E-state index contributed by atoms with van der Waals surface area (Å²) in [5.41, 5.74) is 2.31. The quantitative estimate of drug-likeness (QED) is 0.689. The molecule has 4 heteroatoms. The first-order valence-electron chi connectivity index (χ1n) is 7.92. The Bertz CT molecular complexity index is 826. The van der Waals surface area contributed by atoms with Crippen LogP contribution in [0.2, 0.25) is 0 Å². The summed E-state index contributed by atoms with van der Waals surface area (Å²) in [5.74, 6) is 0.357. The fourth-order valence-electron chi connectivity index (χ4n) is 2.31. The Labute approximate surface area is 146 Å². The van der Waals surface area contributed by atoms with Crippen LogP contribution in [0.15, 0.2) is 78.9 Å². The number of carboxylic acid groups (broad SMARTS) is 1. The molecule has 0 aliphatic heterocycles. The van der Waals surface area contributed by atoms with Crippen molar-refractivity contribution in [3.05, 3.63) is 95.6 Å². The smallest absolute Gasteiger partial charge is 0.335 e. The number of carboxylic acids is 1. The molecule has 1 N–H and O–H groups in total. The van der Waals surface area contributed by atoms with Crippen LogP contribution in [-0.4, -0.2) is 11.1 Å². The Morgan fingerprint density at radius 3 is 2.04 bits per heavy atom. The minimum atomic E-state index is -0.967. The van der Waals surface area contributed by atoms with Gasteiger partial charge in [-0.25, -0.2) is 4.79 Å². The Kier molecular flexibility index (Phi) is 5.32. The number of hydrogen-bond acceptors (Lipinski definition) is 3. The van der Waals surface area contributed by atoms with E-state index in [-0.39, 0.29) is 5.56 Å². The summed E-state index contributed by atoms with van der Waals surface area (Å²) >= 11 is 0. The van der Waals surface area contributed by atoms with E-state index >= 15 is 0 Å². The van der Waals surface area contributed by atoms with Gasteiger partial charge in [0.25, 0.3) is 0 Å². The minimum Gasteiger partial charge on any atom is -0.489 e. The summed E-state index contributed by atoms with van der Waals surface area (Å²) in [6.07, 6.45) is 0. The van der Waals surface area contributed by atoms with E-state index < -0.39 is 5.97 Å².